The molecule has 2 heterocycles. The van der Waals surface area contributed by atoms with Crippen molar-refractivity contribution >= 4 is 75.6 Å². The lowest BCUT2D eigenvalue weighted by Gasteiger charge is -2.27. The molecule has 19 N–H and O–H groups in total. The van der Waals surface area contributed by atoms with Gasteiger partial charge in [0.1, 0.15) is 41.5 Å². The normalized spacial score (nSPS) is 21.4. The Morgan fingerprint density at radius 1 is 0.733 bits per heavy atom. The van der Waals surface area contributed by atoms with Gasteiger partial charge in [-0.15, -0.1) is 0 Å². The number of Topliss-reactive ketones (excluding diaryl/α,β-unsaturated/α-hetero) is 3. The Hall–Kier alpha value is -7.89. The number of hydrogen-bond donors (Lipinski definition) is 13. The second kappa shape index (κ2) is 30.3. The summed E-state index contributed by atoms with van der Waals surface area (Å²) >= 11 is 0. The van der Waals surface area contributed by atoms with Gasteiger partial charge in [-0.05, 0) is 100 Å². The molecule has 24 heteroatoms. The number of aromatic nitrogens is 1. The van der Waals surface area contributed by atoms with Crippen molar-refractivity contribution in [2.45, 2.75) is 133 Å². The number of H-pyrrole nitrogens is 1. The lowest BCUT2D eigenvalue weighted by Crippen LogP contribution is -2.58. The van der Waals surface area contributed by atoms with Gasteiger partial charge in [0.05, 0.1) is 6.04 Å². The first-order chi connectivity index (χ1) is 35.7. The number of phenolic OH excluding ortho intramolecular Hbond substituents is 1. The number of rotatable bonds is 18. The number of amides is 6. The van der Waals surface area contributed by atoms with E-state index in [1.807, 2.05) is 24.3 Å². The summed E-state index contributed by atoms with van der Waals surface area (Å²) in [6.45, 7) is 1.32. The van der Waals surface area contributed by atoms with Crippen LogP contribution in [0.4, 0.5) is 0 Å². The molecule has 408 valence electrons. The number of carbonyl (C=O) groups excluding carboxylic acids is 9. The monoisotopic (exact) mass is 1040 g/mol. The Morgan fingerprint density at radius 2 is 1.40 bits per heavy atom. The molecule has 1 saturated heterocycles. The van der Waals surface area contributed by atoms with Crippen LogP contribution in [-0.2, 0) is 56.0 Å². The predicted octanol–water partition coefficient (Wildman–Crippen LogP) is -0.882. The van der Waals surface area contributed by atoms with E-state index < -0.39 is 95.5 Å². The van der Waals surface area contributed by atoms with Crippen LogP contribution in [0.5, 0.6) is 5.75 Å². The summed E-state index contributed by atoms with van der Waals surface area (Å²) in [5, 5.41) is 24.2. The highest BCUT2D eigenvalue weighted by molar-refractivity contribution is 5.98. The molecule has 1 aromatic heterocycles. The number of primary amides is 1. The van der Waals surface area contributed by atoms with Crippen LogP contribution in [0.15, 0.2) is 64.7 Å². The third-order valence-corrected chi connectivity index (χ3v) is 12.9. The van der Waals surface area contributed by atoms with E-state index in [4.69, 9.17) is 34.4 Å². The summed E-state index contributed by atoms with van der Waals surface area (Å²) in [6, 6.07) is 6.80. The van der Waals surface area contributed by atoms with Crippen molar-refractivity contribution in [1.82, 2.24) is 31.6 Å². The van der Waals surface area contributed by atoms with E-state index in [0.717, 1.165) is 16.5 Å². The van der Waals surface area contributed by atoms with Crippen LogP contribution in [0, 0.1) is 11.8 Å². The van der Waals surface area contributed by atoms with Crippen LogP contribution in [-0.4, -0.2) is 125 Å². The minimum Gasteiger partial charge on any atom is -0.508 e. The van der Waals surface area contributed by atoms with E-state index in [-0.39, 0.29) is 133 Å². The summed E-state index contributed by atoms with van der Waals surface area (Å²) in [5.74, 6) is -8.39. The molecule has 24 nitrogen and oxygen atoms in total. The number of guanidine groups is 2. The first kappa shape index (κ1) is 59.7. The van der Waals surface area contributed by atoms with Gasteiger partial charge < -0.3 is 71.1 Å². The number of aliphatic imine (C=N–C) groups is 2. The Morgan fingerprint density at radius 3 is 2.07 bits per heavy atom. The number of nitrogens with two attached hydrogens (primary N) is 6. The first-order valence-corrected chi connectivity index (χ1v) is 25.2. The molecule has 2 aromatic carbocycles. The van der Waals surface area contributed by atoms with Crippen LogP contribution < -0.4 is 61.0 Å². The molecule has 1 fully saturated rings. The van der Waals surface area contributed by atoms with Gasteiger partial charge in [-0.25, -0.2) is 0 Å². The minimum atomic E-state index is -1.43. The Kier molecular flexibility index (Phi) is 24.1. The molecule has 0 spiro atoms. The molecule has 3 aromatic rings. The van der Waals surface area contributed by atoms with Crippen molar-refractivity contribution in [2.75, 3.05) is 19.6 Å². The van der Waals surface area contributed by atoms with Gasteiger partial charge in [0.25, 0.3) is 0 Å². The highest BCUT2D eigenvalue weighted by atomic mass is 16.3. The highest BCUT2D eigenvalue weighted by Crippen LogP contribution is 2.26. The summed E-state index contributed by atoms with van der Waals surface area (Å²) in [7, 11) is 0. The number of ketones is 3. The third kappa shape index (κ3) is 20.5. The number of para-hydroxylation sites is 1. The molecule has 0 radical (unpaired) electrons. The van der Waals surface area contributed by atoms with Crippen molar-refractivity contribution in [3.8, 4) is 5.75 Å². The lowest BCUT2D eigenvalue weighted by atomic mass is 9.83. The molecular weight excluding hydrogens is 969 g/mol. The van der Waals surface area contributed by atoms with Crippen LogP contribution in [0.1, 0.15) is 102 Å². The smallest absolute Gasteiger partial charge is 0.243 e. The molecule has 0 unspecified atom stereocenters. The van der Waals surface area contributed by atoms with E-state index in [1.165, 1.54) is 19.1 Å². The van der Waals surface area contributed by atoms with Gasteiger partial charge in [-0.3, -0.25) is 53.1 Å². The molecule has 4 rings (SSSR count). The van der Waals surface area contributed by atoms with E-state index >= 15 is 0 Å². The number of nitrogens with zero attached hydrogens (tertiary/aromatic N) is 2. The van der Waals surface area contributed by atoms with Gasteiger partial charge in [0, 0.05) is 74.6 Å². The highest BCUT2D eigenvalue weighted by Gasteiger charge is 2.35. The number of aromatic hydroxyl groups is 1. The molecule has 0 aliphatic carbocycles. The standard InChI is InChI=1S/C51H74N14O10/c1-29(66)61-39(13-7-23-59-51(56)57)47(73)63-40-19-18-34(67)9-2-4-12-38(45(53)71)62-46(72)32(25-33-28-60-37-11-5-3-10-36(33)37)27-43(69)31(8-6-22-58-50(54)55)26-44(70)42(24-30-14-16-35(68)17-15-30)65-49(75)41(20-21-52)64-48(40)74/h3,5,10-11,14-17,28,31-32,38-42,60,68H,2,4,6-9,12-13,18-27,52H2,1H3,(H2,53,71)(H,61,66)(H,62,72)(H,63,73)(H,64,74)(H,65,75)(H4,54,55,58)(H4,56,57,59)/t31-,32-,38+,39+,40+,41+,42-/m1/s1. The second-order valence-electron chi connectivity index (χ2n) is 18.9. The lowest BCUT2D eigenvalue weighted by molar-refractivity contribution is -0.135. The molecule has 6 amide bonds. The fourth-order valence-corrected chi connectivity index (χ4v) is 8.87. The van der Waals surface area contributed by atoms with Gasteiger partial charge in [0.15, 0.2) is 17.7 Å². The van der Waals surface area contributed by atoms with Gasteiger partial charge >= 0.3 is 0 Å². The van der Waals surface area contributed by atoms with Crippen molar-refractivity contribution in [3.63, 3.8) is 0 Å². The number of benzene rings is 2. The maximum absolute atomic E-state index is 14.7. The summed E-state index contributed by atoms with van der Waals surface area (Å²) in [4.78, 5) is 136. The van der Waals surface area contributed by atoms with Crippen LogP contribution in [0.2, 0.25) is 0 Å². The number of fused-ring (bicyclic) bond motifs is 1. The third-order valence-electron chi connectivity index (χ3n) is 12.9. The number of hydrogen-bond acceptors (Lipinski definition) is 13. The fraction of sp³-hybridized carbons (Fsp3) is 0.510. The van der Waals surface area contributed by atoms with Gasteiger partial charge in [-0.2, -0.15) is 0 Å². The molecule has 0 bridgehead atoms. The van der Waals surface area contributed by atoms with Crippen LogP contribution in [0.3, 0.4) is 0 Å². The zero-order valence-electron chi connectivity index (χ0n) is 42.4. The first-order valence-electron chi connectivity index (χ1n) is 25.2. The summed E-state index contributed by atoms with van der Waals surface area (Å²) in [6.07, 6.45) is 1.44. The molecule has 7 atom stereocenters. The minimum absolute atomic E-state index is 0.0159. The number of carbonyl (C=O) groups is 9. The van der Waals surface area contributed by atoms with E-state index in [0.29, 0.717) is 5.56 Å². The zero-order chi connectivity index (χ0) is 55.0. The summed E-state index contributed by atoms with van der Waals surface area (Å²) < 4.78 is 0. The fourth-order valence-electron chi connectivity index (χ4n) is 8.87. The van der Waals surface area contributed by atoms with E-state index in [2.05, 4.69) is 41.6 Å². The van der Waals surface area contributed by atoms with Crippen molar-refractivity contribution in [3.05, 3.63) is 65.9 Å². The number of nitrogens with one attached hydrogen (secondary N) is 6. The van der Waals surface area contributed by atoms with Crippen molar-refractivity contribution in [1.29, 1.82) is 0 Å². The molecule has 0 saturated carbocycles. The Labute approximate surface area is 435 Å². The maximum Gasteiger partial charge on any atom is 0.243 e. The molecular formula is C51H74N14O10. The van der Waals surface area contributed by atoms with Gasteiger partial charge in [-0.1, -0.05) is 36.8 Å². The number of phenols is 1. The van der Waals surface area contributed by atoms with Crippen LogP contribution in [0.25, 0.3) is 10.9 Å². The molecule has 75 heavy (non-hydrogen) atoms. The average Bonchev–Trinajstić information content (AvgIpc) is 3.77. The van der Waals surface area contributed by atoms with E-state index in [9.17, 15) is 48.3 Å². The van der Waals surface area contributed by atoms with E-state index in [1.54, 1.807) is 18.3 Å². The Balaban J connectivity index is 1.77. The largest absolute Gasteiger partial charge is 0.508 e. The van der Waals surface area contributed by atoms with Crippen LogP contribution >= 0.6 is 0 Å². The second-order valence-corrected chi connectivity index (χ2v) is 18.9. The quantitative estimate of drug-likeness (QED) is 0.0418. The zero-order valence-corrected chi connectivity index (χ0v) is 42.4. The maximum atomic E-state index is 14.7. The van der Waals surface area contributed by atoms with Crippen molar-refractivity contribution < 1.29 is 48.3 Å². The topological polar surface area (TPSA) is 431 Å². The Bertz CT molecular complexity index is 2520. The molecule has 1 aliphatic rings. The van der Waals surface area contributed by atoms with Gasteiger partial charge in [0.2, 0.25) is 35.4 Å². The molecule has 1 aliphatic heterocycles. The SMILES string of the molecule is CC(=O)N[C@@H](CCCN=C(N)N)C(=O)N[C@H]1CCC(=O)CCCC[C@@H](C(N)=O)NC(=O)[C@H](Cc2c[nH]c3ccccc23)CC(=O)[C@H](CCCN=C(N)N)CC(=O)[C@@H](Cc2ccc(O)cc2)NC(=O)[C@H](CCN)NC1=O. The average molecular weight is 1040 g/mol. The van der Waals surface area contributed by atoms with Crippen molar-refractivity contribution in [2.24, 2.45) is 56.2 Å². The summed E-state index contributed by atoms with van der Waals surface area (Å²) in [5.41, 5.74) is 35.8. The predicted molar refractivity (Wildman–Crippen MR) is 281 cm³/mol. The number of aromatic amines is 1.